The number of aromatic nitrogens is 2. The number of thioether (sulfide) groups is 1. The average molecular weight is 1750 g/mol. The topological polar surface area (TPSA) is 598 Å². The maximum Gasteiger partial charge on any atom is 0.305 e. The van der Waals surface area contributed by atoms with E-state index in [9.17, 15) is 58.2 Å². The summed E-state index contributed by atoms with van der Waals surface area (Å²) in [6, 6.07) is 16.6. The molecule has 1 aliphatic heterocycles. The summed E-state index contributed by atoms with van der Waals surface area (Å²) in [7, 11) is 0. The van der Waals surface area contributed by atoms with Gasteiger partial charge < -0.3 is 112 Å². The lowest BCUT2D eigenvalue weighted by atomic mass is 9.96. The number of nitrogens with one attached hydrogen (secondary N) is 17. The second kappa shape index (κ2) is 48.8. The van der Waals surface area contributed by atoms with Crippen molar-refractivity contribution in [3.8, 4) is 0 Å². The van der Waals surface area contributed by atoms with E-state index in [-0.39, 0.29) is 83.1 Å². The smallest absolute Gasteiger partial charge is 0.305 e. The Bertz CT molecular complexity index is 4950. The second-order valence-electron chi connectivity index (χ2n) is 31.4. The first kappa shape index (κ1) is 97.5. The number of carbonyl (C=O) groups is 15. The highest BCUT2D eigenvalue weighted by Gasteiger charge is 2.39. The van der Waals surface area contributed by atoms with E-state index in [0.29, 0.717) is 63.3 Å². The lowest BCUT2D eigenvalue weighted by Gasteiger charge is -2.29. The number of carboxylic acid groups (broad SMARTS) is 1. The molecule has 2 aromatic heterocycles. The number of benzene rings is 5. The fraction of sp³-hybridized carbons (Fsp3) is 0.448. The average Bonchev–Trinajstić information content (AvgIpc) is 1.69. The van der Waals surface area contributed by atoms with Crippen LogP contribution in [0.15, 0.2) is 134 Å². The van der Waals surface area contributed by atoms with Crippen LogP contribution in [0, 0.1) is 17.2 Å². The van der Waals surface area contributed by atoms with Crippen molar-refractivity contribution >= 4 is 139 Å². The largest absolute Gasteiger partial charge is 0.481 e. The number of aromatic amines is 2. The van der Waals surface area contributed by atoms with Crippen LogP contribution in [-0.4, -0.2) is 225 Å². The number of unbranched alkanes of at least 4 members (excludes halogenated alkanes) is 2. The number of carbonyl (C=O) groups excluding carboxylic acids is 14. The van der Waals surface area contributed by atoms with Gasteiger partial charge in [0.15, 0.2) is 5.96 Å². The molecule has 0 aliphatic carbocycles. The molecule has 0 radical (unpaired) electrons. The molecule has 0 bridgehead atoms. The van der Waals surface area contributed by atoms with Gasteiger partial charge in [-0.2, -0.15) is 0 Å². The number of rotatable bonds is 26. The van der Waals surface area contributed by atoms with Gasteiger partial charge in [-0.1, -0.05) is 163 Å². The number of hydrogen-bond donors (Lipinski definition) is 22. The van der Waals surface area contributed by atoms with E-state index >= 15 is 24.0 Å². The van der Waals surface area contributed by atoms with Crippen molar-refractivity contribution in [3.63, 3.8) is 0 Å². The van der Waals surface area contributed by atoms with Gasteiger partial charge in [-0.25, -0.2) is 0 Å². The van der Waals surface area contributed by atoms with Crippen LogP contribution in [0.2, 0.25) is 0 Å². The number of aliphatic carboxylic acids is 1. The van der Waals surface area contributed by atoms with Crippen LogP contribution in [0.1, 0.15) is 121 Å². The summed E-state index contributed by atoms with van der Waals surface area (Å²) < 4.78 is 0. The molecule has 0 spiro atoms. The van der Waals surface area contributed by atoms with Gasteiger partial charge in [0.2, 0.25) is 82.7 Å². The summed E-state index contributed by atoms with van der Waals surface area (Å²) in [5.74, 6) is -17.8. The van der Waals surface area contributed by atoms with Crippen LogP contribution in [0.25, 0.3) is 32.6 Å². The Balaban J connectivity index is 1.16. The molecule has 1 aliphatic rings. The van der Waals surface area contributed by atoms with Crippen LogP contribution in [-0.2, 0) is 97.6 Å². The van der Waals surface area contributed by atoms with Crippen molar-refractivity contribution in [1.29, 1.82) is 5.41 Å². The number of aliphatic hydroxyl groups is 1. The number of para-hydroxylation sites is 2. The Labute approximate surface area is 727 Å². The van der Waals surface area contributed by atoms with Crippen molar-refractivity contribution < 1.29 is 82.1 Å². The first-order valence-corrected chi connectivity index (χ1v) is 43.0. The van der Waals surface area contributed by atoms with Gasteiger partial charge in [-0.05, 0) is 102 Å². The predicted octanol–water partition coefficient (Wildman–Crippen LogP) is -0.00953. The molecule has 0 saturated carbocycles. The summed E-state index contributed by atoms with van der Waals surface area (Å²) >= 11 is 0.860. The lowest BCUT2D eigenvalue weighted by Crippen LogP contribution is -2.61. The van der Waals surface area contributed by atoms with E-state index in [1.165, 1.54) is 0 Å². The molecular formula is C87H116N20O17S. The van der Waals surface area contributed by atoms with Crippen molar-refractivity contribution in [2.24, 2.45) is 29.0 Å². The number of guanidine groups is 1. The highest BCUT2D eigenvalue weighted by Crippen LogP contribution is 2.24. The molecule has 25 N–H and O–H groups in total. The zero-order valence-electron chi connectivity index (χ0n) is 70.6. The third-order valence-corrected chi connectivity index (χ3v) is 22.5. The number of fused-ring (bicyclic) bond motifs is 3. The summed E-state index contributed by atoms with van der Waals surface area (Å²) in [4.78, 5) is 224. The molecule has 8 rings (SSSR count). The van der Waals surface area contributed by atoms with E-state index in [1.807, 2.05) is 43.3 Å². The number of carboxylic acids is 1. The summed E-state index contributed by atoms with van der Waals surface area (Å²) in [5.41, 5.74) is 20.9. The minimum absolute atomic E-state index is 0.0140. The zero-order chi connectivity index (χ0) is 90.8. The minimum Gasteiger partial charge on any atom is -0.481 e. The quantitative estimate of drug-likeness (QED) is 0.0193. The van der Waals surface area contributed by atoms with Crippen molar-refractivity contribution in [2.75, 3.05) is 37.7 Å². The maximum atomic E-state index is 15.2. The number of nitrogens with two attached hydrogens (primary N) is 3. The van der Waals surface area contributed by atoms with Gasteiger partial charge in [0.05, 0.1) is 25.3 Å². The normalized spacial score (nSPS) is 22.8. The van der Waals surface area contributed by atoms with Crippen LogP contribution in [0.4, 0.5) is 0 Å². The molecule has 37 nitrogen and oxygen atoms in total. The molecule has 14 amide bonds. The van der Waals surface area contributed by atoms with Gasteiger partial charge >= 0.3 is 5.97 Å². The molecule has 125 heavy (non-hydrogen) atoms. The Kier molecular flexibility index (Phi) is 38.0. The number of H-pyrrole nitrogens is 2. The van der Waals surface area contributed by atoms with E-state index < -0.39 is 204 Å². The fourth-order valence-corrected chi connectivity index (χ4v) is 15.2. The molecular weight excluding hydrogens is 1630 g/mol. The third kappa shape index (κ3) is 29.9. The molecule has 5 aromatic carbocycles. The third-order valence-electron chi connectivity index (χ3n) is 21.4. The number of aliphatic hydroxyl groups excluding tert-OH is 1. The first-order valence-electron chi connectivity index (χ1n) is 41.9. The van der Waals surface area contributed by atoms with Gasteiger partial charge in [0, 0.05) is 72.2 Å². The molecule has 0 unspecified atom stereocenters. The summed E-state index contributed by atoms with van der Waals surface area (Å²) in [6.45, 7) is 6.51. The van der Waals surface area contributed by atoms with E-state index in [2.05, 4.69) is 84.4 Å². The Hall–Kier alpha value is -13.0. The molecule has 1 fully saturated rings. The van der Waals surface area contributed by atoms with Crippen molar-refractivity contribution in [2.45, 2.75) is 197 Å². The molecule has 7 aromatic rings. The first-order chi connectivity index (χ1) is 59.9. The van der Waals surface area contributed by atoms with Crippen LogP contribution < -0.4 is 91.6 Å². The SMILES string of the molecule is CCCC[C@@H]1NC(=O)[C@H](Cc2c[nH]c3ccccc23)NC(=O)[C@H](CC(=O)O)NC(=O)[C@H](CCCNC(=N)N)NC(=O)CNC(=O)[C@H](CO)NC(=O)[C@H]([C@@H](C)CC)NC(=O)[C@H](Cc2ccc3ccccc3c2)NC(=O)[C@H](Cc2ccccc2)NC(=O)CSC[C@@H](C(N)=O)NC(=O)[C@H](C(C)C)NC(=O)[C@H](Cc2c[nH]c3ccccc23)NC(=O)[C@H](CCCCN)NC1=O. The van der Waals surface area contributed by atoms with E-state index in [0.717, 1.165) is 22.5 Å². The second-order valence-corrected chi connectivity index (χ2v) is 32.4. The van der Waals surface area contributed by atoms with Gasteiger partial charge in [0.25, 0.3) is 0 Å². The van der Waals surface area contributed by atoms with E-state index in [1.54, 1.807) is 125 Å². The van der Waals surface area contributed by atoms with Crippen LogP contribution >= 0.6 is 11.8 Å². The number of amides is 14. The highest BCUT2D eigenvalue weighted by atomic mass is 32.2. The van der Waals surface area contributed by atoms with Gasteiger partial charge in [-0.15, -0.1) is 11.8 Å². The van der Waals surface area contributed by atoms with Gasteiger partial charge in [0.1, 0.15) is 72.5 Å². The summed E-state index contributed by atoms with van der Waals surface area (Å²) in [5, 5.41) is 68.4. The Morgan fingerprint density at radius 1 is 0.480 bits per heavy atom. The standard InChI is InChI=1S/C87H116N20O17S/c1-6-8-27-61-78(116)98-62(30-18-19-34-88)79(117)101-66(40-55-43-94-59-29-17-15-26-57(55)59)84(122)106-73(48(3)4)85(123)105-69(75(89)113)46-125-47-71(110)97-63(37-50-21-10-9-11-22-50)80(118)100-64(38-51-32-33-52-23-12-13-24-53(52)36-51)83(121)107-74(49(5)7-2)86(124)104-68(45-108)76(114)95-44-70(109)96-60(31-20-35-92-87(90)91)77(115)103-67(41-72(111)112)82(120)102-65(81(119)99-61)39-54-42-93-58-28-16-14-25-56(54)58/h9-17,21-26,28-29,32-33,36,42-43,48-49,60-69,73-74,93-94,108H,6-8,18-20,27,30-31,34-35,37-41,44-47,88H2,1-5H3,(H2,89,113)(H,95,114)(H,96,109)(H,97,110)(H,98,116)(H,99,119)(H,100,118)(H,101,117)(H,102,120)(H,103,115)(H,104,124)(H,105,123)(H,106,122)(H,107,121)(H,111,112)(H4,90,91,92)/t49-,60-,61-,62-,63-,64-,65-,66-,67-,68-,69-,73-,74-/m0/s1. The van der Waals surface area contributed by atoms with Crippen LogP contribution in [0.5, 0.6) is 0 Å². The number of primary amides is 1. The predicted molar refractivity (Wildman–Crippen MR) is 470 cm³/mol. The van der Waals surface area contributed by atoms with Crippen LogP contribution in [0.3, 0.4) is 0 Å². The monoisotopic (exact) mass is 1740 g/mol. The Morgan fingerprint density at radius 2 is 0.944 bits per heavy atom. The minimum atomic E-state index is -2.01. The molecule has 1 saturated heterocycles. The molecule has 3 heterocycles. The molecule has 672 valence electrons. The van der Waals surface area contributed by atoms with E-state index in [4.69, 9.17) is 22.6 Å². The Morgan fingerprint density at radius 3 is 1.50 bits per heavy atom. The zero-order valence-corrected chi connectivity index (χ0v) is 71.4. The maximum absolute atomic E-state index is 15.2. The number of hydrogen-bond acceptors (Lipinski definition) is 19. The lowest BCUT2D eigenvalue weighted by molar-refractivity contribution is -0.141. The van der Waals surface area contributed by atoms with Gasteiger partial charge in [-0.3, -0.25) is 77.3 Å². The summed E-state index contributed by atoms with van der Waals surface area (Å²) in [6.07, 6.45) is 2.52. The molecule has 38 heteroatoms. The molecule has 13 atom stereocenters. The highest BCUT2D eigenvalue weighted by molar-refractivity contribution is 8.00. The van der Waals surface area contributed by atoms with Crippen molar-refractivity contribution in [1.82, 2.24) is 84.4 Å². The van der Waals surface area contributed by atoms with Crippen molar-refractivity contribution in [3.05, 3.63) is 156 Å². The fourth-order valence-electron chi connectivity index (χ4n) is 14.3.